The maximum absolute atomic E-state index is 11.7. The van der Waals surface area contributed by atoms with Gasteiger partial charge in [-0.3, -0.25) is 0 Å². The van der Waals surface area contributed by atoms with Crippen LogP contribution in [-0.4, -0.2) is 188 Å². The van der Waals surface area contributed by atoms with Crippen molar-refractivity contribution in [1.82, 2.24) is 0 Å². The third-order valence-corrected chi connectivity index (χ3v) is 17.9. The molecule has 364 valence electrons. The van der Waals surface area contributed by atoms with Gasteiger partial charge in [0.2, 0.25) is 0 Å². The molecule has 0 aromatic carbocycles. The van der Waals surface area contributed by atoms with Crippen LogP contribution in [0.3, 0.4) is 0 Å². The van der Waals surface area contributed by atoms with E-state index >= 15 is 0 Å². The smallest absolute Gasteiger partial charge is 0.186 e. The number of hydrogen-bond donors (Lipinski definition) is 10. The van der Waals surface area contributed by atoms with E-state index in [1.165, 1.54) is 0 Å². The summed E-state index contributed by atoms with van der Waals surface area (Å²) in [5.74, 6) is 0.402. The summed E-state index contributed by atoms with van der Waals surface area (Å²) in [5, 5.41) is 105. The summed E-state index contributed by atoms with van der Waals surface area (Å²) >= 11 is 0. The first-order valence-electron chi connectivity index (χ1n) is 23.6. The molecule has 4 heterocycles. The van der Waals surface area contributed by atoms with Crippen LogP contribution in [0.25, 0.3) is 0 Å². The zero-order valence-electron chi connectivity index (χ0n) is 37.6. The first-order valence-corrected chi connectivity index (χ1v) is 23.6. The van der Waals surface area contributed by atoms with E-state index in [-0.39, 0.29) is 59.7 Å². The minimum absolute atomic E-state index is 0.00450. The molecule has 27 atom stereocenters. The molecule has 0 amide bonds. The van der Waals surface area contributed by atoms with Crippen LogP contribution in [0, 0.1) is 52.3 Å². The Kier molecular flexibility index (Phi) is 14.4. The number of ether oxygens (including phenoxy) is 8. The van der Waals surface area contributed by atoms with Gasteiger partial charge in [0.1, 0.15) is 61.0 Å². The van der Waals surface area contributed by atoms with Crippen molar-refractivity contribution in [3.05, 3.63) is 0 Å². The fourth-order valence-corrected chi connectivity index (χ4v) is 14.2. The van der Waals surface area contributed by atoms with E-state index in [1.807, 2.05) is 6.92 Å². The summed E-state index contributed by atoms with van der Waals surface area (Å²) in [6.45, 7) is 10.1. The zero-order valence-corrected chi connectivity index (χ0v) is 37.6. The Bertz CT molecular complexity index is 1540. The fraction of sp³-hybridized carbons (Fsp3) is 1.00. The molecular formula is C45H76O18. The van der Waals surface area contributed by atoms with Crippen LogP contribution in [0.5, 0.6) is 0 Å². The maximum atomic E-state index is 11.7. The fourth-order valence-electron chi connectivity index (χ4n) is 14.2. The Morgan fingerprint density at radius 1 is 0.714 bits per heavy atom. The van der Waals surface area contributed by atoms with Crippen LogP contribution in [0.15, 0.2) is 0 Å². The molecule has 8 fully saturated rings. The van der Waals surface area contributed by atoms with E-state index in [2.05, 4.69) is 20.8 Å². The lowest BCUT2D eigenvalue weighted by Gasteiger charge is -2.63. The molecule has 0 aromatic rings. The highest BCUT2D eigenvalue weighted by Crippen LogP contribution is 2.71. The summed E-state index contributed by atoms with van der Waals surface area (Å²) in [6.07, 6.45) is -12.6. The Balaban J connectivity index is 0.954. The van der Waals surface area contributed by atoms with Crippen LogP contribution in [-0.2, 0) is 37.9 Å². The average Bonchev–Trinajstić information content (AvgIpc) is 3.72. The zero-order chi connectivity index (χ0) is 45.5. The number of aliphatic hydroxyl groups excluding tert-OH is 10. The summed E-state index contributed by atoms with van der Waals surface area (Å²) in [6, 6.07) is 0. The highest BCUT2D eigenvalue weighted by atomic mass is 16.7. The third-order valence-electron chi connectivity index (χ3n) is 17.9. The van der Waals surface area contributed by atoms with Crippen molar-refractivity contribution in [3.63, 3.8) is 0 Å². The van der Waals surface area contributed by atoms with Crippen LogP contribution in [0.1, 0.15) is 92.4 Å². The minimum Gasteiger partial charge on any atom is -0.394 e. The van der Waals surface area contributed by atoms with Crippen LogP contribution in [0.4, 0.5) is 0 Å². The molecule has 4 aliphatic heterocycles. The molecule has 8 rings (SSSR count). The van der Waals surface area contributed by atoms with Crippen molar-refractivity contribution in [2.24, 2.45) is 52.3 Å². The number of methoxy groups -OCH3 is 1. The van der Waals surface area contributed by atoms with E-state index in [0.717, 1.165) is 25.7 Å². The van der Waals surface area contributed by atoms with Gasteiger partial charge < -0.3 is 89.0 Å². The molecule has 18 heteroatoms. The van der Waals surface area contributed by atoms with Crippen molar-refractivity contribution >= 4 is 0 Å². The molecule has 10 N–H and O–H groups in total. The molecule has 4 saturated heterocycles. The monoisotopic (exact) mass is 905 g/mol. The number of rotatable bonds is 12. The minimum atomic E-state index is -1.62. The van der Waals surface area contributed by atoms with E-state index in [0.29, 0.717) is 43.9 Å². The van der Waals surface area contributed by atoms with Gasteiger partial charge in [-0.15, -0.1) is 0 Å². The molecule has 8 aliphatic rings. The highest BCUT2D eigenvalue weighted by Gasteiger charge is 2.70. The predicted octanol–water partition coefficient (Wildman–Crippen LogP) is -0.488. The molecule has 0 aromatic heterocycles. The van der Waals surface area contributed by atoms with Gasteiger partial charge in [0.05, 0.1) is 44.2 Å². The average molecular weight is 905 g/mol. The normalized spacial score (nSPS) is 56.3. The molecule has 4 aliphatic carbocycles. The number of aliphatic hydroxyl groups is 10. The summed E-state index contributed by atoms with van der Waals surface area (Å²) in [7, 11) is 1.71. The van der Waals surface area contributed by atoms with E-state index in [9.17, 15) is 51.1 Å². The van der Waals surface area contributed by atoms with Crippen molar-refractivity contribution in [2.45, 2.75) is 203 Å². The summed E-state index contributed by atoms with van der Waals surface area (Å²) in [4.78, 5) is 0. The van der Waals surface area contributed by atoms with Gasteiger partial charge in [-0.2, -0.15) is 0 Å². The van der Waals surface area contributed by atoms with Crippen LogP contribution < -0.4 is 0 Å². The van der Waals surface area contributed by atoms with E-state index in [4.69, 9.17) is 37.9 Å². The lowest BCUT2D eigenvalue weighted by Crippen LogP contribution is -2.64. The molecule has 4 saturated carbocycles. The lowest BCUT2D eigenvalue weighted by molar-refractivity contribution is -0.357. The van der Waals surface area contributed by atoms with Gasteiger partial charge >= 0.3 is 0 Å². The predicted molar refractivity (Wildman–Crippen MR) is 218 cm³/mol. The second-order valence-corrected chi connectivity index (χ2v) is 21.3. The number of fused-ring (bicyclic) bond motifs is 7. The van der Waals surface area contributed by atoms with Crippen LogP contribution in [0.2, 0.25) is 0 Å². The molecule has 0 radical (unpaired) electrons. The van der Waals surface area contributed by atoms with Crippen molar-refractivity contribution in [1.29, 1.82) is 0 Å². The molecule has 0 bridgehead atoms. The molecular weight excluding hydrogens is 828 g/mol. The summed E-state index contributed by atoms with van der Waals surface area (Å²) < 4.78 is 49.2. The standard InChI is InChI=1S/C45H76O18/c1-19(17-57-40-37(54)35(52)34(51)30(16-46)61-40)7-12-45(56-6)20(2)31-29(63-45)15-25-23-14-28(26-13-22(47)8-10-43(26,4)24(23)9-11-44(25,31)5)60-42-38(55)39(32(49)21(3)59-42)62-41-36(53)33(50)27(48)18-58-41/h19-42,46-55H,7-18H2,1-6H3/t19-,20-,21+,22-,23+,24-,25-,26+,27+,28-,29-,30+,31-,32+,33-,34+,35-,36+,37+,38+,39-,40+,41-,42-,43+,44-,45+/m0/s1. The van der Waals surface area contributed by atoms with Gasteiger partial charge in [-0.25, -0.2) is 0 Å². The SMILES string of the molecule is CO[C@]1(CC[C@H](C)CO[C@@H]2O[C@H](CO)[C@@H](O)[C@H](O)[C@H]2O)O[C@H]2C[C@H]3[C@@H]4C[C@H](O[C@@H]5O[C@H](C)[C@@H](O)[C@H](O[C@@H]6OC[C@@H](O)[C@H](O)[C@H]6O)[C@H]5O)[C@H]5C[C@@H](O)CC[C@]5(C)[C@H]4CC[C@]3(C)[C@H]2[C@@H]1C. The molecule has 63 heavy (non-hydrogen) atoms. The second-order valence-electron chi connectivity index (χ2n) is 21.3. The van der Waals surface area contributed by atoms with Crippen LogP contribution >= 0.6 is 0 Å². The maximum Gasteiger partial charge on any atom is 0.186 e. The Hall–Kier alpha value is -0.720. The van der Waals surface area contributed by atoms with Crippen molar-refractivity contribution in [2.75, 3.05) is 26.9 Å². The topological polar surface area (TPSA) is 276 Å². The number of hydrogen-bond acceptors (Lipinski definition) is 18. The van der Waals surface area contributed by atoms with Crippen molar-refractivity contribution < 1.29 is 89.0 Å². The quantitative estimate of drug-likeness (QED) is 0.111. The molecule has 0 spiro atoms. The van der Waals surface area contributed by atoms with Crippen molar-refractivity contribution in [3.8, 4) is 0 Å². The van der Waals surface area contributed by atoms with E-state index in [1.54, 1.807) is 14.0 Å². The van der Waals surface area contributed by atoms with Gasteiger partial charge in [-0.05, 0) is 105 Å². The Morgan fingerprint density at radius 3 is 2.14 bits per heavy atom. The second kappa shape index (κ2) is 18.6. The largest absolute Gasteiger partial charge is 0.394 e. The van der Waals surface area contributed by atoms with Gasteiger partial charge in [0.25, 0.3) is 0 Å². The van der Waals surface area contributed by atoms with Gasteiger partial charge in [0.15, 0.2) is 24.7 Å². The van der Waals surface area contributed by atoms with Gasteiger partial charge in [-0.1, -0.05) is 27.7 Å². The molecule has 18 nitrogen and oxygen atoms in total. The Morgan fingerprint density at radius 2 is 1.43 bits per heavy atom. The lowest BCUT2D eigenvalue weighted by atomic mass is 9.43. The Labute approximate surface area is 370 Å². The molecule has 0 unspecified atom stereocenters. The van der Waals surface area contributed by atoms with Gasteiger partial charge in [0, 0.05) is 19.4 Å². The highest BCUT2D eigenvalue weighted by molar-refractivity contribution is 5.16. The first-order chi connectivity index (χ1) is 29.8. The third kappa shape index (κ3) is 8.49. The van der Waals surface area contributed by atoms with E-state index < -0.39 is 111 Å². The first kappa shape index (κ1) is 48.7. The summed E-state index contributed by atoms with van der Waals surface area (Å²) in [5.41, 5.74) is -0.219.